The Bertz CT molecular complexity index is 692. The van der Waals surface area contributed by atoms with Crippen LogP contribution in [0.5, 0.6) is 5.75 Å². The molecule has 22 heavy (non-hydrogen) atoms. The molecule has 0 saturated carbocycles. The summed E-state index contributed by atoms with van der Waals surface area (Å²) < 4.78 is 5.87. The van der Waals surface area contributed by atoms with E-state index in [1.54, 1.807) is 6.92 Å². The summed E-state index contributed by atoms with van der Waals surface area (Å²) in [5.74, 6) is 0.623. The van der Waals surface area contributed by atoms with Crippen LogP contribution in [0.15, 0.2) is 36.4 Å². The highest BCUT2D eigenvalue weighted by Gasteiger charge is 2.17. The molecule has 0 aromatic heterocycles. The standard InChI is InChI=1S/C19H23NO2/c1-12-10-14(3)15(4)18(11-12)22-16(5)19(21)20-17-9-7-6-8-13(17)2/h6-11,16H,1-5H3,(H,20,21)/t16-/m0/s1. The van der Waals surface area contributed by atoms with Crippen molar-refractivity contribution in [3.63, 3.8) is 0 Å². The van der Waals surface area contributed by atoms with Crippen LogP contribution < -0.4 is 10.1 Å². The van der Waals surface area contributed by atoms with Crippen molar-refractivity contribution >= 4 is 11.6 Å². The molecule has 0 saturated heterocycles. The molecule has 1 N–H and O–H groups in total. The van der Waals surface area contributed by atoms with Gasteiger partial charge in [-0.1, -0.05) is 24.3 Å². The molecule has 0 bridgehead atoms. The maximum Gasteiger partial charge on any atom is 0.265 e. The monoisotopic (exact) mass is 297 g/mol. The number of carbonyl (C=O) groups excluding carboxylic acids is 1. The predicted molar refractivity (Wildman–Crippen MR) is 90.6 cm³/mol. The van der Waals surface area contributed by atoms with Crippen LogP contribution in [0.3, 0.4) is 0 Å². The molecule has 2 aromatic carbocycles. The van der Waals surface area contributed by atoms with Gasteiger partial charge in [-0.2, -0.15) is 0 Å². The molecular formula is C19H23NO2. The van der Waals surface area contributed by atoms with Crippen molar-refractivity contribution < 1.29 is 9.53 Å². The Kier molecular flexibility index (Phi) is 4.86. The molecule has 1 amide bonds. The van der Waals surface area contributed by atoms with Gasteiger partial charge in [-0.15, -0.1) is 0 Å². The molecule has 0 heterocycles. The highest BCUT2D eigenvalue weighted by molar-refractivity contribution is 5.94. The Labute approximate surface area is 132 Å². The lowest BCUT2D eigenvalue weighted by Crippen LogP contribution is -2.30. The van der Waals surface area contributed by atoms with Crippen LogP contribution >= 0.6 is 0 Å². The highest BCUT2D eigenvalue weighted by atomic mass is 16.5. The average Bonchev–Trinajstić information content (AvgIpc) is 2.46. The maximum absolute atomic E-state index is 12.3. The quantitative estimate of drug-likeness (QED) is 0.912. The summed E-state index contributed by atoms with van der Waals surface area (Å²) in [7, 11) is 0. The zero-order valence-corrected chi connectivity index (χ0v) is 13.9. The number of benzene rings is 2. The lowest BCUT2D eigenvalue weighted by atomic mass is 10.1. The number of rotatable bonds is 4. The fraction of sp³-hybridized carbons (Fsp3) is 0.316. The lowest BCUT2D eigenvalue weighted by Gasteiger charge is -2.18. The minimum Gasteiger partial charge on any atom is -0.481 e. The molecule has 116 valence electrons. The SMILES string of the molecule is Cc1cc(C)c(C)c(O[C@@H](C)C(=O)Nc2ccccc2C)c1. The fourth-order valence-corrected chi connectivity index (χ4v) is 2.31. The largest absolute Gasteiger partial charge is 0.481 e. The van der Waals surface area contributed by atoms with Crippen molar-refractivity contribution in [2.24, 2.45) is 0 Å². The van der Waals surface area contributed by atoms with Crippen LogP contribution in [0.25, 0.3) is 0 Å². The molecule has 2 aromatic rings. The van der Waals surface area contributed by atoms with E-state index in [0.717, 1.165) is 28.1 Å². The van der Waals surface area contributed by atoms with Crippen LogP contribution in [-0.4, -0.2) is 12.0 Å². The Morgan fingerprint density at radius 1 is 1.05 bits per heavy atom. The zero-order valence-electron chi connectivity index (χ0n) is 13.9. The van der Waals surface area contributed by atoms with Gasteiger partial charge in [-0.05, 0) is 69.0 Å². The molecule has 3 heteroatoms. The Balaban J connectivity index is 2.11. The van der Waals surface area contributed by atoms with Gasteiger partial charge >= 0.3 is 0 Å². The van der Waals surface area contributed by atoms with Crippen molar-refractivity contribution in [1.82, 2.24) is 0 Å². The third kappa shape index (κ3) is 3.67. The van der Waals surface area contributed by atoms with Gasteiger partial charge in [0.25, 0.3) is 5.91 Å². The summed E-state index contributed by atoms with van der Waals surface area (Å²) >= 11 is 0. The number of hydrogen-bond donors (Lipinski definition) is 1. The van der Waals surface area contributed by atoms with E-state index < -0.39 is 6.10 Å². The van der Waals surface area contributed by atoms with E-state index in [2.05, 4.69) is 11.4 Å². The summed E-state index contributed by atoms with van der Waals surface area (Å²) in [5, 5.41) is 2.91. The summed E-state index contributed by atoms with van der Waals surface area (Å²) in [6, 6.07) is 11.8. The van der Waals surface area contributed by atoms with Crippen molar-refractivity contribution in [2.75, 3.05) is 5.32 Å². The number of anilines is 1. The molecule has 0 aliphatic heterocycles. The van der Waals surface area contributed by atoms with E-state index >= 15 is 0 Å². The van der Waals surface area contributed by atoms with Crippen molar-refractivity contribution in [3.05, 3.63) is 58.7 Å². The number of aryl methyl sites for hydroxylation is 3. The maximum atomic E-state index is 12.3. The molecule has 2 rings (SSSR count). The first-order valence-electron chi connectivity index (χ1n) is 7.49. The van der Waals surface area contributed by atoms with E-state index in [4.69, 9.17) is 4.74 Å². The Morgan fingerprint density at radius 3 is 2.41 bits per heavy atom. The van der Waals surface area contributed by atoms with Gasteiger partial charge < -0.3 is 10.1 Å². The van der Waals surface area contributed by atoms with Gasteiger partial charge in [0.2, 0.25) is 0 Å². The third-order valence-electron chi connectivity index (χ3n) is 3.84. The Morgan fingerprint density at radius 2 is 1.73 bits per heavy atom. The van der Waals surface area contributed by atoms with Gasteiger partial charge in [-0.25, -0.2) is 0 Å². The highest BCUT2D eigenvalue weighted by Crippen LogP contribution is 2.24. The van der Waals surface area contributed by atoms with Crippen molar-refractivity contribution in [3.8, 4) is 5.75 Å². The number of amides is 1. The van der Waals surface area contributed by atoms with E-state index in [-0.39, 0.29) is 5.91 Å². The van der Waals surface area contributed by atoms with Gasteiger partial charge in [0.1, 0.15) is 5.75 Å². The molecule has 1 atom stereocenters. The summed E-state index contributed by atoms with van der Waals surface area (Å²) in [6.07, 6.45) is -0.556. The smallest absolute Gasteiger partial charge is 0.265 e. The molecule has 0 fully saturated rings. The minimum absolute atomic E-state index is 0.146. The topological polar surface area (TPSA) is 38.3 Å². The van der Waals surface area contributed by atoms with Crippen LogP contribution in [0.1, 0.15) is 29.2 Å². The predicted octanol–water partition coefficient (Wildman–Crippen LogP) is 4.33. The number of ether oxygens (including phenoxy) is 1. The van der Waals surface area contributed by atoms with Gasteiger partial charge in [0.05, 0.1) is 0 Å². The van der Waals surface area contributed by atoms with E-state index in [1.165, 1.54) is 5.56 Å². The zero-order chi connectivity index (χ0) is 16.3. The minimum atomic E-state index is -0.556. The van der Waals surface area contributed by atoms with E-state index in [9.17, 15) is 4.79 Å². The average molecular weight is 297 g/mol. The first-order valence-corrected chi connectivity index (χ1v) is 7.49. The molecule has 0 aliphatic carbocycles. The summed E-state index contributed by atoms with van der Waals surface area (Å²) in [6.45, 7) is 9.82. The van der Waals surface area contributed by atoms with Gasteiger partial charge in [-0.3, -0.25) is 4.79 Å². The Hall–Kier alpha value is -2.29. The third-order valence-corrected chi connectivity index (χ3v) is 3.84. The second-order valence-corrected chi connectivity index (χ2v) is 5.77. The second kappa shape index (κ2) is 6.65. The van der Waals surface area contributed by atoms with Crippen LogP contribution in [0.2, 0.25) is 0 Å². The van der Waals surface area contributed by atoms with Crippen LogP contribution in [-0.2, 0) is 4.79 Å². The first-order chi connectivity index (χ1) is 10.4. The number of hydrogen-bond acceptors (Lipinski definition) is 2. The second-order valence-electron chi connectivity index (χ2n) is 5.77. The van der Waals surface area contributed by atoms with Crippen molar-refractivity contribution in [2.45, 2.75) is 40.7 Å². The fourth-order valence-electron chi connectivity index (χ4n) is 2.31. The molecule has 3 nitrogen and oxygen atoms in total. The van der Waals surface area contributed by atoms with Gasteiger partial charge in [0.15, 0.2) is 6.10 Å². The lowest BCUT2D eigenvalue weighted by molar-refractivity contribution is -0.122. The van der Waals surface area contributed by atoms with Crippen molar-refractivity contribution in [1.29, 1.82) is 0 Å². The van der Waals surface area contributed by atoms with E-state index in [1.807, 2.05) is 58.0 Å². The summed E-state index contributed by atoms with van der Waals surface area (Å²) in [4.78, 5) is 12.3. The normalized spacial score (nSPS) is 11.9. The number of para-hydroxylation sites is 1. The summed E-state index contributed by atoms with van der Waals surface area (Å²) in [5.41, 5.74) is 5.22. The molecule has 0 aliphatic rings. The number of nitrogens with one attached hydrogen (secondary N) is 1. The molecule has 0 radical (unpaired) electrons. The van der Waals surface area contributed by atoms with E-state index in [0.29, 0.717) is 0 Å². The van der Waals surface area contributed by atoms with Crippen LogP contribution in [0, 0.1) is 27.7 Å². The molecule has 0 spiro atoms. The number of carbonyl (C=O) groups is 1. The first kappa shape index (κ1) is 16.1. The van der Waals surface area contributed by atoms with Gasteiger partial charge in [0, 0.05) is 5.69 Å². The molecule has 0 unspecified atom stereocenters. The molecular weight excluding hydrogens is 274 g/mol. The van der Waals surface area contributed by atoms with Crippen LogP contribution in [0.4, 0.5) is 5.69 Å².